The molecule has 0 radical (unpaired) electrons. The highest BCUT2D eigenvalue weighted by Crippen LogP contribution is 2.32. The maximum Gasteiger partial charge on any atom is 0.312 e. The molecule has 38 heavy (non-hydrogen) atoms. The maximum atomic E-state index is 13.6. The highest BCUT2D eigenvalue weighted by atomic mass is 19.1. The Morgan fingerprint density at radius 3 is 2.50 bits per heavy atom. The first-order chi connectivity index (χ1) is 18.0. The molecule has 2 aromatic rings. The highest BCUT2D eigenvalue weighted by molar-refractivity contribution is 6.34. The molecule has 1 unspecified atom stereocenters. The number of fused-ring (bicyclic) bond motifs is 1. The van der Waals surface area contributed by atoms with E-state index in [2.05, 4.69) is 15.2 Å². The van der Waals surface area contributed by atoms with Crippen LogP contribution in [-0.2, 0) is 22.7 Å². The molecule has 1 atom stereocenters. The Balaban J connectivity index is 1.68. The summed E-state index contributed by atoms with van der Waals surface area (Å²) >= 11 is 0. The van der Waals surface area contributed by atoms with E-state index in [0.29, 0.717) is 30.1 Å². The molecule has 1 aromatic heterocycles. The molecular weight excluding hydrogens is 495 g/mol. The van der Waals surface area contributed by atoms with Crippen molar-refractivity contribution in [2.45, 2.75) is 38.9 Å². The maximum absolute atomic E-state index is 13.6. The van der Waals surface area contributed by atoms with Gasteiger partial charge in [-0.2, -0.15) is 0 Å². The van der Waals surface area contributed by atoms with E-state index in [1.807, 2.05) is 0 Å². The van der Waals surface area contributed by atoms with Crippen molar-refractivity contribution in [3.63, 3.8) is 0 Å². The van der Waals surface area contributed by atoms with E-state index in [0.717, 1.165) is 19.4 Å². The third-order valence-electron chi connectivity index (χ3n) is 7.02. The van der Waals surface area contributed by atoms with Crippen molar-refractivity contribution >= 4 is 17.7 Å². The van der Waals surface area contributed by atoms with Gasteiger partial charge in [-0.25, -0.2) is 9.37 Å². The Kier molecular flexibility index (Phi) is 7.81. The number of hydrogen-bond acceptors (Lipinski definition) is 7. The lowest BCUT2D eigenvalue weighted by Gasteiger charge is -2.31. The molecule has 4 rings (SSSR count). The van der Waals surface area contributed by atoms with Crippen LogP contribution in [0.4, 0.5) is 4.39 Å². The highest BCUT2D eigenvalue weighted by Gasteiger charge is 2.37. The number of aromatic nitrogens is 2. The van der Waals surface area contributed by atoms with Crippen LogP contribution in [0.25, 0.3) is 0 Å². The summed E-state index contributed by atoms with van der Waals surface area (Å²) in [5.74, 6) is -2.81. The van der Waals surface area contributed by atoms with Gasteiger partial charge < -0.3 is 20.2 Å². The van der Waals surface area contributed by atoms with Crippen LogP contribution in [-0.4, -0.2) is 87.9 Å². The molecule has 3 amide bonds. The van der Waals surface area contributed by atoms with Crippen molar-refractivity contribution < 1.29 is 23.9 Å². The van der Waals surface area contributed by atoms with Gasteiger partial charge in [-0.1, -0.05) is 12.1 Å². The molecule has 1 aliphatic heterocycles. The second-order valence-corrected chi connectivity index (χ2v) is 10.2. The van der Waals surface area contributed by atoms with Gasteiger partial charge in [0.1, 0.15) is 17.7 Å². The first-order valence-electron chi connectivity index (χ1n) is 12.6. The summed E-state index contributed by atoms with van der Waals surface area (Å²) < 4.78 is 14.9. The number of benzene rings is 1. The van der Waals surface area contributed by atoms with Gasteiger partial charge in [0, 0.05) is 53.9 Å². The molecule has 1 saturated carbocycles. The molecule has 204 valence electrons. The van der Waals surface area contributed by atoms with Gasteiger partial charge in [-0.3, -0.25) is 28.6 Å². The molecular formula is C26H33FN6O5. The second kappa shape index (κ2) is 10.9. The number of likely N-dealkylation sites (N-methyl/N-ethyl adjacent to an activating group) is 2. The Bertz CT molecular complexity index is 1320. The summed E-state index contributed by atoms with van der Waals surface area (Å²) in [5.41, 5.74) is -0.222. The summed E-state index contributed by atoms with van der Waals surface area (Å²) in [6.07, 6.45) is 2.22. The molecule has 1 aliphatic carbocycles. The zero-order valence-corrected chi connectivity index (χ0v) is 22.0. The molecule has 0 saturated heterocycles. The number of carbonyl (C=O) groups excluding carboxylic acids is 3. The van der Waals surface area contributed by atoms with Crippen LogP contribution < -0.4 is 10.9 Å². The lowest BCUT2D eigenvalue weighted by molar-refractivity contribution is -0.151. The van der Waals surface area contributed by atoms with Crippen molar-refractivity contribution in [2.75, 3.05) is 40.8 Å². The molecule has 2 heterocycles. The summed E-state index contributed by atoms with van der Waals surface area (Å²) in [6, 6.07) is 3.59. The van der Waals surface area contributed by atoms with Crippen molar-refractivity contribution in [1.82, 2.24) is 29.6 Å². The van der Waals surface area contributed by atoms with Crippen LogP contribution in [0.15, 0.2) is 23.0 Å². The molecule has 0 spiro atoms. The quantitative estimate of drug-likeness (QED) is 0.527. The Labute approximate surface area is 219 Å². The molecule has 2 N–H and O–H groups in total. The lowest BCUT2D eigenvalue weighted by Crippen LogP contribution is -2.46. The lowest BCUT2D eigenvalue weighted by atomic mass is 10.1. The van der Waals surface area contributed by atoms with Gasteiger partial charge in [0.05, 0.1) is 0 Å². The Morgan fingerprint density at radius 1 is 1.16 bits per heavy atom. The largest absolute Gasteiger partial charge is 0.501 e. The van der Waals surface area contributed by atoms with Gasteiger partial charge in [0.15, 0.2) is 5.69 Å². The fraction of sp³-hybridized carbons (Fsp3) is 0.500. The molecule has 11 nitrogen and oxygen atoms in total. The topological polar surface area (TPSA) is 128 Å². The number of aromatic hydroxyl groups is 1. The number of nitrogens with zero attached hydrogens (tertiary/aromatic N) is 5. The van der Waals surface area contributed by atoms with Gasteiger partial charge in [-0.15, -0.1) is 0 Å². The first-order valence-corrected chi connectivity index (χ1v) is 12.6. The van der Waals surface area contributed by atoms with Gasteiger partial charge in [0.2, 0.25) is 5.75 Å². The average Bonchev–Trinajstić information content (AvgIpc) is 3.72. The third kappa shape index (κ3) is 5.69. The van der Waals surface area contributed by atoms with Crippen LogP contribution in [0.3, 0.4) is 0 Å². The van der Waals surface area contributed by atoms with Crippen LogP contribution in [0.2, 0.25) is 0 Å². The van der Waals surface area contributed by atoms with Crippen molar-refractivity contribution in [3.05, 3.63) is 57.0 Å². The zero-order chi connectivity index (χ0) is 27.7. The van der Waals surface area contributed by atoms with E-state index >= 15 is 0 Å². The van der Waals surface area contributed by atoms with Crippen LogP contribution in [0.1, 0.15) is 46.3 Å². The SMILES string of the molecule is Cc1cc(CNC(=O)c2nc3n(c(=O)c2O)CCN(CC2CC2)CC3N(C)C(=O)C(=O)N(C)C)ccc1F. The molecule has 1 fully saturated rings. The van der Waals surface area contributed by atoms with Gasteiger partial charge >= 0.3 is 11.8 Å². The molecule has 1 aromatic carbocycles. The number of hydrogen-bond donors (Lipinski definition) is 2. The predicted octanol–water partition coefficient (Wildman–Crippen LogP) is 0.640. The number of nitrogens with one attached hydrogen (secondary N) is 1. The fourth-order valence-corrected chi connectivity index (χ4v) is 4.54. The second-order valence-electron chi connectivity index (χ2n) is 10.2. The van der Waals surface area contributed by atoms with Crippen molar-refractivity contribution in [2.24, 2.45) is 5.92 Å². The summed E-state index contributed by atoms with van der Waals surface area (Å²) in [6.45, 7) is 3.41. The smallest absolute Gasteiger partial charge is 0.312 e. The molecule has 2 aliphatic rings. The van der Waals surface area contributed by atoms with E-state index in [4.69, 9.17) is 0 Å². The van der Waals surface area contributed by atoms with E-state index in [9.17, 15) is 28.7 Å². The van der Waals surface area contributed by atoms with Crippen LogP contribution in [0.5, 0.6) is 5.75 Å². The van der Waals surface area contributed by atoms with Gasteiger partial charge in [-0.05, 0) is 42.9 Å². The summed E-state index contributed by atoms with van der Waals surface area (Å²) in [7, 11) is 4.41. The fourth-order valence-electron chi connectivity index (χ4n) is 4.54. The minimum atomic E-state index is -0.813. The third-order valence-corrected chi connectivity index (χ3v) is 7.02. The predicted molar refractivity (Wildman–Crippen MR) is 136 cm³/mol. The average molecular weight is 529 g/mol. The Morgan fingerprint density at radius 2 is 1.87 bits per heavy atom. The normalized spacial score (nSPS) is 17.3. The van der Waals surface area contributed by atoms with Crippen LogP contribution in [0, 0.1) is 18.7 Å². The van der Waals surface area contributed by atoms with Crippen molar-refractivity contribution in [1.29, 1.82) is 0 Å². The minimum Gasteiger partial charge on any atom is -0.501 e. The number of halogens is 1. The van der Waals surface area contributed by atoms with Gasteiger partial charge in [0.25, 0.3) is 11.5 Å². The minimum absolute atomic E-state index is 0.0216. The van der Waals surface area contributed by atoms with E-state index in [1.165, 1.54) is 47.6 Å². The summed E-state index contributed by atoms with van der Waals surface area (Å²) in [5, 5.41) is 13.3. The number of rotatable bonds is 6. The standard InChI is InChI=1S/C26H33FN6O5/c1-15-11-17(7-8-18(15)27)12-28-23(35)20-21(34)24(36)33-10-9-32(13-16-5-6-16)14-19(22(33)29-20)31(4)26(38)25(37)30(2)3/h7-8,11,16,19,34H,5-6,9-10,12-14H2,1-4H3,(H,28,35). The number of amides is 3. The van der Waals surface area contributed by atoms with E-state index in [1.54, 1.807) is 13.0 Å². The first kappa shape index (κ1) is 27.2. The van der Waals surface area contributed by atoms with E-state index < -0.39 is 40.8 Å². The zero-order valence-electron chi connectivity index (χ0n) is 22.0. The van der Waals surface area contributed by atoms with Crippen LogP contribution >= 0.6 is 0 Å². The number of aryl methyl sites for hydroxylation is 1. The monoisotopic (exact) mass is 528 g/mol. The van der Waals surface area contributed by atoms with E-state index in [-0.39, 0.29) is 24.7 Å². The number of carbonyl (C=O) groups is 3. The van der Waals surface area contributed by atoms with Crippen molar-refractivity contribution in [3.8, 4) is 5.75 Å². The Hall–Kier alpha value is -3.80. The molecule has 0 bridgehead atoms. The molecule has 12 heteroatoms. The summed E-state index contributed by atoms with van der Waals surface area (Å²) in [4.78, 5) is 60.6.